The maximum Gasteiger partial charge on any atom is 0.410 e. The van der Waals surface area contributed by atoms with E-state index >= 15 is 0 Å². The van der Waals surface area contributed by atoms with Gasteiger partial charge in [-0.15, -0.1) is 0 Å². The lowest BCUT2D eigenvalue weighted by molar-refractivity contribution is -0.120. The molecule has 0 aliphatic carbocycles. The van der Waals surface area contributed by atoms with Gasteiger partial charge >= 0.3 is 12.1 Å². The average molecular weight is 484 g/mol. The second-order valence-corrected chi connectivity index (χ2v) is 8.18. The molecule has 2 aromatic rings. The molecule has 0 saturated carbocycles. The Morgan fingerprint density at radius 3 is 2.68 bits per heavy atom. The minimum absolute atomic E-state index is 0.00774. The molecule has 1 aromatic carbocycles. The standard InChI is InChI=1S/C24H25N3O6S/c1-3-8-32-23(30)19-12-17-16(13-25-19)6-5-7-18(17)26-22(29)20-10-15(11-21(28)34)14-27(20)24(31)33-9-4-2/h3-7,12-13,15,20H,1-2,8-11,14H2,(H,26,29)(H,28,34)/t15-,20-/m0/s1. The molecule has 0 spiro atoms. The number of rotatable bonds is 9. The van der Waals surface area contributed by atoms with Gasteiger partial charge in [0.1, 0.15) is 24.9 Å². The van der Waals surface area contributed by atoms with E-state index in [4.69, 9.17) is 21.7 Å². The molecule has 1 saturated heterocycles. The summed E-state index contributed by atoms with van der Waals surface area (Å²) in [5.74, 6) is -1.23. The lowest BCUT2D eigenvalue weighted by Crippen LogP contribution is -2.43. The number of hydrogen-bond acceptors (Lipinski definition) is 7. The Bertz CT molecular complexity index is 1130. The van der Waals surface area contributed by atoms with Crippen molar-refractivity contribution in [3.8, 4) is 0 Å². The van der Waals surface area contributed by atoms with Crippen LogP contribution in [0.1, 0.15) is 23.3 Å². The third kappa shape index (κ3) is 5.96. The zero-order chi connectivity index (χ0) is 24.7. The van der Waals surface area contributed by atoms with Crippen molar-refractivity contribution < 1.29 is 29.0 Å². The molecule has 34 heavy (non-hydrogen) atoms. The molecule has 1 aliphatic rings. The monoisotopic (exact) mass is 483 g/mol. The summed E-state index contributed by atoms with van der Waals surface area (Å²) >= 11 is 4.79. The van der Waals surface area contributed by atoms with Crippen LogP contribution in [-0.4, -0.2) is 63.8 Å². The Balaban J connectivity index is 1.85. The third-order valence-corrected chi connectivity index (χ3v) is 5.44. The lowest BCUT2D eigenvalue weighted by Gasteiger charge is -2.23. The molecule has 1 aliphatic heterocycles. The van der Waals surface area contributed by atoms with Crippen molar-refractivity contribution in [2.45, 2.75) is 18.9 Å². The summed E-state index contributed by atoms with van der Waals surface area (Å²) in [6, 6.07) is 5.94. The number of anilines is 1. The number of thiocarbonyl (C=S) groups is 1. The van der Waals surface area contributed by atoms with Gasteiger partial charge < -0.3 is 19.9 Å². The number of fused-ring (bicyclic) bond motifs is 1. The van der Waals surface area contributed by atoms with Gasteiger partial charge in [-0.1, -0.05) is 37.4 Å². The number of benzene rings is 1. The topological polar surface area (TPSA) is 118 Å². The summed E-state index contributed by atoms with van der Waals surface area (Å²) in [5.41, 5.74) is 0.534. The normalized spacial score (nSPS) is 17.1. The molecular formula is C24H25N3O6S. The highest BCUT2D eigenvalue weighted by atomic mass is 32.1. The average Bonchev–Trinajstić information content (AvgIpc) is 3.24. The van der Waals surface area contributed by atoms with E-state index in [9.17, 15) is 19.5 Å². The zero-order valence-electron chi connectivity index (χ0n) is 18.4. The van der Waals surface area contributed by atoms with Crippen molar-refractivity contribution in [1.82, 2.24) is 9.88 Å². The van der Waals surface area contributed by atoms with Crippen molar-refractivity contribution in [2.75, 3.05) is 25.1 Å². The second kappa shape index (κ2) is 11.4. The number of aliphatic hydroxyl groups excluding tert-OH is 1. The number of nitrogens with zero attached hydrogens (tertiary/aromatic N) is 2. The van der Waals surface area contributed by atoms with Crippen molar-refractivity contribution in [3.05, 3.63) is 61.5 Å². The Kier molecular flexibility index (Phi) is 8.31. The number of aromatic nitrogens is 1. The molecule has 2 atom stereocenters. The van der Waals surface area contributed by atoms with Crippen LogP contribution in [0.15, 0.2) is 55.8 Å². The lowest BCUT2D eigenvalue weighted by atomic mass is 10.0. The fourth-order valence-electron chi connectivity index (χ4n) is 3.80. The first-order chi connectivity index (χ1) is 16.3. The first-order valence-corrected chi connectivity index (χ1v) is 11.0. The van der Waals surface area contributed by atoms with Crippen LogP contribution in [-0.2, 0) is 14.3 Å². The Morgan fingerprint density at radius 2 is 1.97 bits per heavy atom. The first-order valence-electron chi connectivity index (χ1n) is 10.6. The highest BCUT2D eigenvalue weighted by Crippen LogP contribution is 2.29. The molecule has 178 valence electrons. The summed E-state index contributed by atoms with van der Waals surface area (Å²) in [7, 11) is 0. The number of aliphatic hydroxyl groups is 1. The fraction of sp³-hybridized carbons (Fsp3) is 0.292. The number of hydrogen-bond donors (Lipinski definition) is 2. The van der Waals surface area contributed by atoms with Crippen LogP contribution >= 0.6 is 12.2 Å². The molecule has 1 aromatic heterocycles. The van der Waals surface area contributed by atoms with Gasteiger partial charge in [0.05, 0.1) is 0 Å². The van der Waals surface area contributed by atoms with Crippen LogP contribution in [0.2, 0.25) is 0 Å². The van der Waals surface area contributed by atoms with Gasteiger partial charge in [0.25, 0.3) is 0 Å². The van der Waals surface area contributed by atoms with Gasteiger partial charge in [0, 0.05) is 35.6 Å². The fourth-order valence-corrected chi connectivity index (χ4v) is 4.03. The maximum atomic E-state index is 13.2. The molecule has 2 N–H and O–H groups in total. The van der Waals surface area contributed by atoms with Crippen LogP contribution in [0.25, 0.3) is 10.8 Å². The predicted octanol–water partition coefficient (Wildman–Crippen LogP) is 3.80. The Morgan fingerprint density at radius 1 is 1.24 bits per heavy atom. The molecule has 10 heteroatoms. The molecule has 3 rings (SSSR count). The highest BCUT2D eigenvalue weighted by molar-refractivity contribution is 7.80. The van der Waals surface area contributed by atoms with Crippen LogP contribution < -0.4 is 5.32 Å². The molecule has 2 amide bonds. The summed E-state index contributed by atoms with van der Waals surface area (Å²) < 4.78 is 10.2. The van der Waals surface area contributed by atoms with E-state index < -0.39 is 24.0 Å². The minimum Gasteiger partial charge on any atom is -0.502 e. The van der Waals surface area contributed by atoms with E-state index in [0.29, 0.717) is 22.9 Å². The van der Waals surface area contributed by atoms with Crippen LogP contribution in [0.4, 0.5) is 10.5 Å². The number of nitrogens with one attached hydrogen (secondary N) is 1. The van der Waals surface area contributed by atoms with E-state index in [0.717, 1.165) is 0 Å². The van der Waals surface area contributed by atoms with Crippen molar-refractivity contribution in [2.24, 2.45) is 5.92 Å². The molecule has 0 bridgehead atoms. The number of carbonyl (C=O) groups excluding carboxylic acids is 3. The third-order valence-electron chi connectivity index (χ3n) is 5.28. The molecule has 9 nitrogen and oxygen atoms in total. The number of ether oxygens (including phenoxy) is 2. The predicted molar refractivity (Wildman–Crippen MR) is 131 cm³/mol. The van der Waals surface area contributed by atoms with E-state index in [1.165, 1.54) is 29.3 Å². The quantitative estimate of drug-likeness (QED) is 0.314. The molecule has 2 heterocycles. The molecular weight excluding hydrogens is 458 g/mol. The Labute approximate surface area is 202 Å². The summed E-state index contributed by atoms with van der Waals surface area (Å²) in [6.07, 6.45) is 4.25. The van der Waals surface area contributed by atoms with Gasteiger partial charge in [0.2, 0.25) is 5.91 Å². The number of likely N-dealkylation sites (tertiary alicyclic amines) is 1. The minimum atomic E-state index is -0.828. The van der Waals surface area contributed by atoms with E-state index in [2.05, 4.69) is 23.5 Å². The van der Waals surface area contributed by atoms with Crippen molar-refractivity contribution >= 4 is 51.7 Å². The van der Waals surface area contributed by atoms with Crippen LogP contribution in [0.3, 0.4) is 0 Å². The number of carbonyl (C=O) groups is 3. The van der Waals surface area contributed by atoms with Gasteiger partial charge in [-0.2, -0.15) is 0 Å². The largest absolute Gasteiger partial charge is 0.502 e. The van der Waals surface area contributed by atoms with Gasteiger partial charge in [-0.3, -0.25) is 9.69 Å². The van der Waals surface area contributed by atoms with Crippen LogP contribution in [0.5, 0.6) is 0 Å². The van der Waals surface area contributed by atoms with E-state index in [1.54, 1.807) is 18.2 Å². The zero-order valence-corrected chi connectivity index (χ0v) is 19.3. The maximum absolute atomic E-state index is 13.2. The number of esters is 1. The number of amides is 2. The van der Waals surface area contributed by atoms with E-state index in [1.807, 2.05) is 0 Å². The molecule has 0 unspecified atom stereocenters. The summed E-state index contributed by atoms with van der Waals surface area (Å²) in [5, 5.41) is 13.5. The van der Waals surface area contributed by atoms with Gasteiger partial charge in [0.15, 0.2) is 5.05 Å². The highest BCUT2D eigenvalue weighted by Gasteiger charge is 2.40. The van der Waals surface area contributed by atoms with Crippen molar-refractivity contribution in [1.29, 1.82) is 0 Å². The van der Waals surface area contributed by atoms with Crippen LogP contribution in [0, 0.1) is 5.92 Å². The Hall–Kier alpha value is -3.79. The summed E-state index contributed by atoms with van der Waals surface area (Å²) in [4.78, 5) is 43.4. The molecule has 0 radical (unpaired) electrons. The van der Waals surface area contributed by atoms with Gasteiger partial charge in [-0.25, -0.2) is 14.6 Å². The second-order valence-electron chi connectivity index (χ2n) is 7.71. The van der Waals surface area contributed by atoms with Gasteiger partial charge in [-0.05, 0) is 36.7 Å². The van der Waals surface area contributed by atoms with E-state index in [-0.39, 0.29) is 42.8 Å². The molecule has 1 fully saturated rings. The SMILES string of the molecule is C=CCOC(=O)c1cc2c(NC(=O)[C@@H]3C[C@@H](CC(O)=S)CN3C(=O)OCC=C)cccc2cn1. The summed E-state index contributed by atoms with van der Waals surface area (Å²) in [6.45, 7) is 7.30. The number of pyridine rings is 1. The van der Waals surface area contributed by atoms with Crippen molar-refractivity contribution in [3.63, 3.8) is 0 Å². The smallest absolute Gasteiger partial charge is 0.410 e. The first kappa shape index (κ1) is 24.8.